The summed E-state index contributed by atoms with van der Waals surface area (Å²) in [6.07, 6.45) is 5.42. The maximum absolute atomic E-state index is 6.46. The first kappa shape index (κ1) is 15.7. The van der Waals surface area contributed by atoms with Crippen LogP contribution in [0.25, 0.3) is 0 Å². The van der Waals surface area contributed by atoms with Gasteiger partial charge >= 0.3 is 0 Å². The van der Waals surface area contributed by atoms with Gasteiger partial charge in [0.2, 0.25) is 0 Å². The van der Waals surface area contributed by atoms with E-state index in [-0.39, 0.29) is 12.0 Å². The Bertz CT molecular complexity index is 815. The number of benzene rings is 2. The molecule has 0 bridgehead atoms. The predicted molar refractivity (Wildman–Crippen MR) is 99.3 cm³/mol. The summed E-state index contributed by atoms with van der Waals surface area (Å²) < 4.78 is 0. The highest BCUT2D eigenvalue weighted by molar-refractivity contribution is 6.42. The van der Waals surface area contributed by atoms with Crippen LogP contribution < -0.4 is 5.32 Å². The number of hydrogen-bond acceptors (Lipinski definition) is 1. The largest absolute Gasteiger partial charge is 0.378 e. The van der Waals surface area contributed by atoms with Crippen LogP contribution in [-0.4, -0.2) is 0 Å². The molecule has 4 rings (SSSR count). The van der Waals surface area contributed by atoms with E-state index < -0.39 is 0 Å². The lowest BCUT2D eigenvalue weighted by Crippen LogP contribution is -2.29. The van der Waals surface area contributed by atoms with Gasteiger partial charge in [-0.1, -0.05) is 70.7 Å². The van der Waals surface area contributed by atoms with Gasteiger partial charge < -0.3 is 5.32 Å². The summed E-state index contributed by atoms with van der Waals surface area (Å²) in [7, 11) is 0. The molecule has 5 heteroatoms. The van der Waals surface area contributed by atoms with Gasteiger partial charge in [-0.2, -0.15) is 0 Å². The van der Waals surface area contributed by atoms with Crippen molar-refractivity contribution in [2.75, 3.05) is 5.32 Å². The van der Waals surface area contributed by atoms with E-state index in [0.717, 1.165) is 23.2 Å². The highest BCUT2D eigenvalue weighted by atomic mass is 35.5. The van der Waals surface area contributed by atoms with E-state index in [0.29, 0.717) is 26.0 Å². The molecule has 0 saturated carbocycles. The topological polar surface area (TPSA) is 12.0 Å². The number of hydrogen-bond donors (Lipinski definition) is 1. The molecule has 1 nitrogen and oxygen atoms in total. The van der Waals surface area contributed by atoms with Crippen LogP contribution in [0.1, 0.15) is 29.5 Å². The van der Waals surface area contributed by atoms with E-state index >= 15 is 0 Å². The van der Waals surface area contributed by atoms with Crippen molar-refractivity contribution in [2.45, 2.75) is 18.4 Å². The van der Waals surface area contributed by atoms with Gasteiger partial charge in [0.05, 0.1) is 16.1 Å². The molecule has 2 aromatic rings. The molecule has 1 aliphatic heterocycles. The van der Waals surface area contributed by atoms with Crippen molar-refractivity contribution in [2.24, 2.45) is 5.92 Å². The molecule has 23 heavy (non-hydrogen) atoms. The third-order valence-corrected chi connectivity index (χ3v) is 6.06. The van der Waals surface area contributed by atoms with Gasteiger partial charge in [0.25, 0.3) is 0 Å². The van der Waals surface area contributed by atoms with Crippen molar-refractivity contribution < 1.29 is 0 Å². The average Bonchev–Trinajstić information content (AvgIpc) is 2.98. The summed E-state index contributed by atoms with van der Waals surface area (Å²) in [5.74, 6) is 0.619. The minimum atomic E-state index is 0.0724. The lowest BCUT2D eigenvalue weighted by atomic mass is 9.77. The second kappa shape index (κ2) is 5.89. The van der Waals surface area contributed by atoms with Gasteiger partial charge in [0.15, 0.2) is 0 Å². The fourth-order valence-corrected chi connectivity index (χ4v) is 4.76. The standard InChI is InChI=1S/C18H13Cl4N/c19-9-7-14(21)16-10-3-1-4-11(10)18(23-15(16)8-9)12-5-2-6-13(20)17(12)22/h1-3,5-8,10-11,18,23H,4H2/t10-,11-,18-/m0/s1. The molecule has 0 aromatic heterocycles. The van der Waals surface area contributed by atoms with Gasteiger partial charge in [-0.15, -0.1) is 0 Å². The summed E-state index contributed by atoms with van der Waals surface area (Å²) in [5, 5.41) is 6.09. The molecular formula is C18H13Cl4N. The Balaban J connectivity index is 1.86. The van der Waals surface area contributed by atoms with E-state index in [4.69, 9.17) is 46.4 Å². The van der Waals surface area contributed by atoms with Crippen molar-refractivity contribution in [3.8, 4) is 0 Å². The zero-order valence-corrected chi connectivity index (χ0v) is 15.0. The summed E-state index contributed by atoms with van der Waals surface area (Å²) in [4.78, 5) is 0. The second-order valence-electron chi connectivity index (χ2n) is 5.97. The van der Waals surface area contributed by atoms with E-state index in [1.807, 2.05) is 24.3 Å². The van der Waals surface area contributed by atoms with E-state index in [9.17, 15) is 0 Å². The first-order chi connectivity index (χ1) is 11.1. The van der Waals surface area contributed by atoms with Crippen LogP contribution in [0, 0.1) is 5.92 Å². The minimum absolute atomic E-state index is 0.0724. The first-order valence-corrected chi connectivity index (χ1v) is 8.93. The maximum atomic E-state index is 6.46. The summed E-state index contributed by atoms with van der Waals surface area (Å²) >= 11 is 25.3. The fraction of sp³-hybridized carbons (Fsp3) is 0.222. The predicted octanol–water partition coefficient (Wildman–Crippen LogP) is 7.13. The molecule has 1 heterocycles. The molecule has 0 spiro atoms. The molecule has 1 N–H and O–H groups in total. The first-order valence-electron chi connectivity index (χ1n) is 7.42. The monoisotopic (exact) mass is 383 g/mol. The van der Waals surface area contributed by atoms with Crippen LogP contribution in [-0.2, 0) is 0 Å². The van der Waals surface area contributed by atoms with E-state index in [2.05, 4.69) is 17.5 Å². The fourth-order valence-electron chi connectivity index (χ4n) is 3.71. The van der Waals surface area contributed by atoms with Crippen LogP contribution in [0.4, 0.5) is 5.69 Å². The number of halogens is 4. The Morgan fingerprint density at radius 3 is 2.65 bits per heavy atom. The Kier molecular flexibility index (Phi) is 4.01. The van der Waals surface area contributed by atoms with Gasteiger partial charge in [-0.05, 0) is 36.1 Å². The summed E-state index contributed by atoms with van der Waals surface area (Å²) in [6, 6.07) is 9.57. The number of fused-ring (bicyclic) bond motifs is 3. The van der Waals surface area contributed by atoms with E-state index in [1.54, 1.807) is 6.07 Å². The van der Waals surface area contributed by atoms with Gasteiger partial charge in [0.1, 0.15) is 0 Å². The molecule has 3 atom stereocenters. The zero-order valence-electron chi connectivity index (χ0n) is 12.0. The quantitative estimate of drug-likeness (QED) is 0.515. The van der Waals surface area contributed by atoms with Crippen LogP contribution in [0.2, 0.25) is 20.1 Å². The van der Waals surface area contributed by atoms with Crippen molar-refractivity contribution >= 4 is 52.1 Å². The number of nitrogens with one attached hydrogen (secondary N) is 1. The third-order valence-electron chi connectivity index (χ3n) is 4.70. The number of rotatable bonds is 1. The van der Waals surface area contributed by atoms with Crippen molar-refractivity contribution in [3.63, 3.8) is 0 Å². The molecule has 2 aromatic carbocycles. The van der Waals surface area contributed by atoms with Crippen molar-refractivity contribution in [3.05, 3.63) is 73.7 Å². The molecule has 1 aliphatic carbocycles. The Hall–Kier alpha value is -0.860. The van der Waals surface area contributed by atoms with Crippen LogP contribution in [0.15, 0.2) is 42.5 Å². The van der Waals surface area contributed by atoms with Crippen LogP contribution >= 0.6 is 46.4 Å². The van der Waals surface area contributed by atoms with Crippen LogP contribution in [0.3, 0.4) is 0 Å². The smallest absolute Gasteiger partial charge is 0.0645 e. The molecule has 0 radical (unpaired) electrons. The lowest BCUT2D eigenvalue weighted by Gasteiger charge is -2.38. The molecule has 0 unspecified atom stereocenters. The highest BCUT2D eigenvalue weighted by Gasteiger charge is 2.40. The zero-order chi connectivity index (χ0) is 16.1. The van der Waals surface area contributed by atoms with E-state index in [1.165, 1.54) is 0 Å². The number of anilines is 1. The normalized spacial score (nSPS) is 25.0. The maximum Gasteiger partial charge on any atom is 0.0645 e. The third kappa shape index (κ3) is 2.55. The SMILES string of the molecule is Clc1cc(Cl)c2c(c1)N[C@H](c1cccc(Cl)c1Cl)[C@H]1CC=C[C@H]21. The second-order valence-corrected chi connectivity index (χ2v) is 7.60. The Morgan fingerprint density at radius 2 is 1.83 bits per heavy atom. The van der Waals surface area contributed by atoms with Gasteiger partial charge in [0, 0.05) is 27.2 Å². The molecule has 0 fully saturated rings. The van der Waals surface area contributed by atoms with Crippen molar-refractivity contribution in [1.82, 2.24) is 0 Å². The van der Waals surface area contributed by atoms with Gasteiger partial charge in [-0.3, -0.25) is 0 Å². The Labute approximate surface area is 155 Å². The summed E-state index contributed by atoms with van der Waals surface area (Å²) in [5.41, 5.74) is 3.10. The lowest BCUT2D eigenvalue weighted by molar-refractivity contribution is 0.426. The molecule has 118 valence electrons. The van der Waals surface area contributed by atoms with Gasteiger partial charge in [-0.25, -0.2) is 0 Å². The average molecular weight is 385 g/mol. The Morgan fingerprint density at radius 1 is 1.00 bits per heavy atom. The molecule has 0 amide bonds. The van der Waals surface area contributed by atoms with Crippen molar-refractivity contribution in [1.29, 1.82) is 0 Å². The molecule has 2 aliphatic rings. The molecule has 0 saturated heterocycles. The minimum Gasteiger partial charge on any atom is -0.378 e. The summed E-state index contributed by atoms with van der Waals surface area (Å²) in [6.45, 7) is 0. The number of allylic oxidation sites excluding steroid dienone is 2. The molecular weight excluding hydrogens is 372 g/mol. The van der Waals surface area contributed by atoms with Crippen LogP contribution in [0.5, 0.6) is 0 Å². The highest BCUT2D eigenvalue weighted by Crippen LogP contribution is 2.53.